The number of nitrogens with one attached hydrogen (secondary N) is 4. The van der Waals surface area contributed by atoms with Gasteiger partial charge in [0.15, 0.2) is 0 Å². The third-order valence-electron chi connectivity index (χ3n) is 6.89. The topological polar surface area (TPSA) is 178 Å². The number of rotatable bonds is 18. The molecule has 1 aromatic heterocycles. The molecule has 0 bridgehead atoms. The predicted octanol–water partition coefficient (Wildman–Crippen LogP) is 4.58. The fraction of sp³-hybridized carbons (Fsp3) is 0.714. The van der Waals surface area contributed by atoms with E-state index in [2.05, 4.69) is 37.0 Å². The molecule has 0 unspecified atom stereocenters. The number of nitriles is 1. The van der Waals surface area contributed by atoms with Gasteiger partial charge in [0.2, 0.25) is 12.0 Å². The molecule has 0 radical (unpaired) electrons. The van der Waals surface area contributed by atoms with E-state index in [4.69, 9.17) is 10.00 Å². The summed E-state index contributed by atoms with van der Waals surface area (Å²) < 4.78 is 5.30. The summed E-state index contributed by atoms with van der Waals surface area (Å²) in [6, 6.07) is 1.68. The minimum Gasteiger partial charge on any atom is -0.449 e. The lowest BCUT2D eigenvalue weighted by atomic mass is 9.85. The second-order valence-corrected chi connectivity index (χ2v) is 10.0. The largest absolute Gasteiger partial charge is 0.449 e. The number of aromatic nitrogens is 2. The highest BCUT2D eigenvalue weighted by Gasteiger charge is 2.23. The van der Waals surface area contributed by atoms with Gasteiger partial charge in [-0.25, -0.2) is 24.4 Å². The van der Waals surface area contributed by atoms with Crippen molar-refractivity contribution in [1.82, 2.24) is 20.6 Å². The van der Waals surface area contributed by atoms with Gasteiger partial charge in [-0.15, -0.1) is 0 Å². The Morgan fingerprint density at radius 1 is 1.00 bits per heavy atom. The molecule has 1 heterocycles. The molecule has 12 heteroatoms. The van der Waals surface area contributed by atoms with Crippen molar-refractivity contribution in [3.05, 3.63) is 21.6 Å². The van der Waals surface area contributed by atoms with E-state index < -0.39 is 12.1 Å². The molecule has 0 aromatic carbocycles. The Balaban J connectivity index is 1.85. The van der Waals surface area contributed by atoms with Gasteiger partial charge in [-0.05, 0) is 38.5 Å². The molecule has 1 aliphatic rings. The van der Waals surface area contributed by atoms with Crippen LogP contribution in [0.15, 0.2) is 9.79 Å². The van der Waals surface area contributed by atoms with Crippen molar-refractivity contribution < 1.29 is 19.1 Å². The molecular weight excluding hydrogens is 514 g/mol. The Morgan fingerprint density at radius 3 is 2.42 bits per heavy atom. The maximum atomic E-state index is 13.0. The Hall–Kier alpha value is -3.71. The second-order valence-electron chi connectivity index (χ2n) is 10.0. The number of nitrogens with zero attached hydrogens (tertiary/aromatic N) is 3. The van der Waals surface area contributed by atoms with Crippen LogP contribution in [0.5, 0.6) is 0 Å². The number of H-pyrrole nitrogens is 1. The molecule has 2 rings (SSSR count). The van der Waals surface area contributed by atoms with Gasteiger partial charge in [0.1, 0.15) is 0 Å². The summed E-state index contributed by atoms with van der Waals surface area (Å²) in [5.74, 6) is 0.222. The molecule has 0 aliphatic heterocycles. The summed E-state index contributed by atoms with van der Waals surface area (Å²) in [4.78, 5) is 58.3. The third-order valence-corrected chi connectivity index (χ3v) is 6.89. The standard InChI is InChI=1S/C28H43N7O5/c29-16-9-2-1-3-12-19-32-28(39)40-20-15-23-24(22-13-7-6-8-14-22)33-26(34-25(23)37)35-27(38)31-18-11-5-4-10-17-30-21-36/h22H,1-15,17-20H2,(H,32,39)(H3,31,33,34,35,37,38). The van der Waals surface area contributed by atoms with E-state index in [1.807, 2.05) is 0 Å². The number of unbranched alkanes of at least 4 members (excludes halogenated alkanes) is 7. The minimum atomic E-state index is -0.523. The molecule has 0 atom stereocenters. The molecule has 1 aliphatic carbocycles. The van der Waals surface area contributed by atoms with Crippen molar-refractivity contribution in [1.29, 1.82) is 5.26 Å². The molecule has 1 aromatic rings. The first-order valence-electron chi connectivity index (χ1n) is 14.5. The van der Waals surface area contributed by atoms with Crippen molar-refractivity contribution in [2.75, 3.05) is 31.6 Å². The van der Waals surface area contributed by atoms with E-state index in [0.717, 1.165) is 83.5 Å². The van der Waals surface area contributed by atoms with Gasteiger partial charge in [0.05, 0.1) is 24.9 Å². The summed E-state index contributed by atoms with van der Waals surface area (Å²) in [6.07, 6.45) is 13.9. The smallest absolute Gasteiger partial charge is 0.407 e. The fourth-order valence-electron chi connectivity index (χ4n) is 4.77. The van der Waals surface area contributed by atoms with Crippen molar-refractivity contribution in [2.24, 2.45) is 4.99 Å². The molecule has 3 amide bonds. The SMILES string of the molecule is N#CCCCCCCNC(=O)OCCc1c(C2CCCCC2)nc(NC(=O)NCCCCCCN=C=O)[nH]c1=O. The van der Waals surface area contributed by atoms with Crippen LogP contribution in [0.4, 0.5) is 15.5 Å². The average molecular weight is 558 g/mol. The zero-order chi connectivity index (χ0) is 28.8. The lowest BCUT2D eigenvalue weighted by Gasteiger charge is -2.23. The van der Waals surface area contributed by atoms with Crippen LogP contribution < -0.4 is 21.5 Å². The number of hydrogen-bond donors (Lipinski definition) is 4. The van der Waals surface area contributed by atoms with E-state index in [0.29, 0.717) is 37.3 Å². The van der Waals surface area contributed by atoms with E-state index >= 15 is 0 Å². The third kappa shape index (κ3) is 13.4. The lowest BCUT2D eigenvalue weighted by molar-refractivity contribution is 0.147. The highest BCUT2D eigenvalue weighted by molar-refractivity contribution is 5.87. The first-order chi connectivity index (χ1) is 19.5. The van der Waals surface area contributed by atoms with Crippen LogP contribution in [-0.2, 0) is 16.0 Å². The van der Waals surface area contributed by atoms with Gasteiger partial charge in [0, 0.05) is 37.4 Å². The Morgan fingerprint density at radius 2 is 1.70 bits per heavy atom. The predicted molar refractivity (Wildman–Crippen MR) is 151 cm³/mol. The van der Waals surface area contributed by atoms with Gasteiger partial charge in [-0.2, -0.15) is 5.26 Å². The van der Waals surface area contributed by atoms with Crippen LogP contribution in [0.3, 0.4) is 0 Å². The van der Waals surface area contributed by atoms with Crippen molar-refractivity contribution in [3.8, 4) is 6.07 Å². The molecule has 1 saturated carbocycles. The number of alkyl carbamates (subject to hydrolysis) is 1. The maximum Gasteiger partial charge on any atom is 0.407 e. The summed E-state index contributed by atoms with van der Waals surface area (Å²) in [5, 5.41) is 16.7. The maximum absolute atomic E-state index is 13.0. The zero-order valence-corrected chi connectivity index (χ0v) is 23.4. The minimum absolute atomic E-state index is 0.0488. The average Bonchev–Trinajstić information content (AvgIpc) is 2.95. The highest BCUT2D eigenvalue weighted by atomic mass is 16.5. The first kappa shape index (κ1) is 32.5. The van der Waals surface area contributed by atoms with Gasteiger partial charge in [-0.3, -0.25) is 15.1 Å². The lowest BCUT2D eigenvalue weighted by Crippen LogP contribution is -2.32. The quantitative estimate of drug-likeness (QED) is 0.116. The normalized spacial score (nSPS) is 13.1. The number of ether oxygens (including phenoxy) is 1. The number of carbonyl (C=O) groups excluding carboxylic acids is 3. The van der Waals surface area contributed by atoms with Gasteiger partial charge >= 0.3 is 12.1 Å². The van der Waals surface area contributed by atoms with Crippen LogP contribution in [0, 0.1) is 11.3 Å². The molecule has 40 heavy (non-hydrogen) atoms. The van der Waals surface area contributed by atoms with Crippen LogP contribution in [0.25, 0.3) is 0 Å². The van der Waals surface area contributed by atoms with E-state index in [9.17, 15) is 19.2 Å². The molecule has 0 spiro atoms. The molecule has 220 valence electrons. The number of aromatic amines is 1. The number of urea groups is 1. The monoisotopic (exact) mass is 557 g/mol. The van der Waals surface area contributed by atoms with Crippen molar-refractivity contribution in [2.45, 2.75) is 102 Å². The van der Waals surface area contributed by atoms with Crippen LogP contribution >= 0.6 is 0 Å². The first-order valence-corrected chi connectivity index (χ1v) is 14.5. The van der Waals surface area contributed by atoms with E-state index in [1.165, 1.54) is 6.08 Å². The van der Waals surface area contributed by atoms with Gasteiger partial charge in [-0.1, -0.05) is 44.9 Å². The highest BCUT2D eigenvalue weighted by Crippen LogP contribution is 2.33. The number of isocyanates is 1. The second kappa shape index (κ2) is 20.2. The number of hydrogen-bond acceptors (Lipinski definition) is 8. The number of aliphatic imine (C=N–C) groups is 1. The summed E-state index contributed by atoms with van der Waals surface area (Å²) >= 11 is 0. The van der Waals surface area contributed by atoms with Crippen molar-refractivity contribution in [3.63, 3.8) is 0 Å². The number of anilines is 1. The van der Waals surface area contributed by atoms with Crippen LogP contribution in [-0.4, -0.2) is 54.4 Å². The Kier molecular flexibility index (Phi) is 16.4. The molecule has 12 nitrogen and oxygen atoms in total. The Labute approximate surface area is 235 Å². The fourth-order valence-corrected chi connectivity index (χ4v) is 4.77. The van der Waals surface area contributed by atoms with E-state index in [-0.39, 0.29) is 30.5 Å². The summed E-state index contributed by atoms with van der Waals surface area (Å²) in [7, 11) is 0. The van der Waals surface area contributed by atoms with Gasteiger partial charge in [0.25, 0.3) is 5.56 Å². The molecule has 1 fully saturated rings. The number of amides is 3. The molecule has 0 saturated heterocycles. The Bertz CT molecular complexity index is 1060. The summed E-state index contributed by atoms with van der Waals surface area (Å²) in [6.45, 7) is 1.49. The molecular formula is C28H43N7O5. The summed E-state index contributed by atoms with van der Waals surface area (Å²) in [5.41, 5.74) is 0.811. The van der Waals surface area contributed by atoms with Crippen LogP contribution in [0.2, 0.25) is 0 Å². The van der Waals surface area contributed by atoms with Crippen LogP contribution in [0.1, 0.15) is 107 Å². The number of carbonyl (C=O) groups is 2. The van der Waals surface area contributed by atoms with Crippen molar-refractivity contribution >= 4 is 24.2 Å². The zero-order valence-electron chi connectivity index (χ0n) is 23.4. The van der Waals surface area contributed by atoms with E-state index in [1.54, 1.807) is 0 Å². The van der Waals surface area contributed by atoms with Gasteiger partial charge < -0.3 is 15.4 Å². The molecule has 4 N–H and O–H groups in total.